The van der Waals surface area contributed by atoms with E-state index in [9.17, 15) is 0 Å². The van der Waals surface area contributed by atoms with E-state index in [1.165, 1.54) is 0 Å². The van der Waals surface area contributed by atoms with Crippen LogP contribution in [0.15, 0.2) is 24.7 Å². The lowest BCUT2D eigenvalue weighted by Crippen LogP contribution is -2.08. The summed E-state index contributed by atoms with van der Waals surface area (Å²) in [6.45, 7) is 3.74. The second kappa shape index (κ2) is 3.79. The minimum atomic E-state index is 0.773. The van der Waals surface area contributed by atoms with Crippen LogP contribution in [0, 0.1) is 11.7 Å². The summed E-state index contributed by atoms with van der Waals surface area (Å²) in [5.41, 5.74) is 1.15. The first-order valence-electron chi connectivity index (χ1n) is 4.49. The largest absolute Gasteiger partial charge is 0.337 e. The molecule has 14 heavy (non-hydrogen) atoms. The number of aromatic nitrogens is 4. The number of nitrogens with one attached hydrogen (secondary N) is 1. The van der Waals surface area contributed by atoms with Gasteiger partial charge in [0.2, 0.25) is 0 Å². The van der Waals surface area contributed by atoms with Gasteiger partial charge in [-0.2, -0.15) is 5.10 Å². The first-order valence-corrected chi connectivity index (χ1v) is 4.90. The lowest BCUT2D eigenvalue weighted by molar-refractivity contribution is 0.524. The maximum atomic E-state index is 5.15. The zero-order valence-electron chi connectivity index (χ0n) is 7.97. The molecule has 0 aliphatic heterocycles. The van der Waals surface area contributed by atoms with Crippen molar-refractivity contribution in [3.8, 4) is 0 Å². The number of rotatable bonds is 3. The third kappa shape index (κ3) is 1.77. The second-order valence-electron chi connectivity index (χ2n) is 3.16. The molecule has 2 rings (SSSR count). The molecule has 74 valence electrons. The Morgan fingerprint density at radius 3 is 2.93 bits per heavy atom. The molecule has 0 spiro atoms. The van der Waals surface area contributed by atoms with Crippen LogP contribution in [0.25, 0.3) is 0 Å². The lowest BCUT2D eigenvalue weighted by Gasteiger charge is -2.04. The Kier molecular flexibility index (Phi) is 2.49. The van der Waals surface area contributed by atoms with E-state index in [4.69, 9.17) is 12.2 Å². The number of H-pyrrole nitrogens is 1. The number of aryl methyl sites for hydroxylation is 2. The van der Waals surface area contributed by atoms with Crippen molar-refractivity contribution in [2.75, 3.05) is 0 Å². The third-order valence-corrected chi connectivity index (χ3v) is 2.53. The molecule has 0 unspecified atom stereocenters. The Morgan fingerprint density at radius 2 is 2.36 bits per heavy atom. The van der Waals surface area contributed by atoms with Gasteiger partial charge in [-0.05, 0) is 25.2 Å². The van der Waals surface area contributed by atoms with Crippen LogP contribution in [0.1, 0.15) is 5.69 Å². The summed E-state index contributed by atoms with van der Waals surface area (Å²) in [7, 11) is 0. The van der Waals surface area contributed by atoms with Crippen molar-refractivity contribution in [1.29, 1.82) is 0 Å². The van der Waals surface area contributed by atoms with Gasteiger partial charge in [-0.1, -0.05) is 0 Å². The predicted molar refractivity (Wildman–Crippen MR) is 56.6 cm³/mol. The summed E-state index contributed by atoms with van der Waals surface area (Å²) in [6, 6.07) is 1.92. The molecule has 0 aliphatic carbocycles. The van der Waals surface area contributed by atoms with Crippen LogP contribution < -0.4 is 0 Å². The molecule has 0 fully saturated rings. The fraction of sp³-hybridized carbons (Fsp3) is 0.333. The molecule has 0 saturated heterocycles. The van der Waals surface area contributed by atoms with E-state index in [1.807, 2.05) is 30.1 Å². The highest BCUT2D eigenvalue weighted by Crippen LogP contribution is 2.00. The monoisotopic (exact) mass is 208 g/mol. The van der Waals surface area contributed by atoms with Crippen LogP contribution in [0.3, 0.4) is 0 Å². The summed E-state index contributed by atoms with van der Waals surface area (Å²) in [5, 5.41) is 4.13. The first kappa shape index (κ1) is 9.21. The molecule has 2 heterocycles. The molecule has 0 amide bonds. The summed E-state index contributed by atoms with van der Waals surface area (Å²) in [4.78, 5) is 3.02. The van der Waals surface area contributed by atoms with Gasteiger partial charge < -0.3 is 9.55 Å². The molecule has 0 saturated carbocycles. The average Bonchev–Trinajstić information content (AvgIpc) is 2.76. The van der Waals surface area contributed by atoms with Gasteiger partial charge in [-0.3, -0.25) is 4.68 Å². The van der Waals surface area contributed by atoms with Crippen molar-refractivity contribution in [3.05, 3.63) is 35.1 Å². The molecular formula is C9H12N4S. The molecule has 0 aromatic carbocycles. The van der Waals surface area contributed by atoms with Crippen LogP contribution in [-0.4, -0.2) is 19.3 Å². The number of aromatic amines is 1. The molecule has 0 bridgehead atoms. The Balaban J connectivity index is 2.09. The first-order chi connectivity index (χ1) is 6.77. The minimum Gasteiger partial charge on any atom is -0.337 e. The summed E-state index contributed by atoms with van der Waals surface area (Å²) in [5.74, 6) is 0. The Morgan fingerprint density at radius 1 is 1.50 bits per heavy atom. The van der Waals surface area contributed by atoms with Crippen molar-refractivity contribution in [1.82, 2.24) is 19.3 Å². The highest BCUT2D eigenvalue weighted by molar-refractivity contribution is 7.71. The van der Waals surface area contributed by atoms with Gasteiger partial charge in [0.15, 0.2) is 4.77 Å². The number of imidazole rings is 1. The molecular weight excluding hydrogens is 196 g/mol. The van der Waals surface area contributed by atoms with Gasteiger partial charge in [-0.25, -0.2) is 0 Å². The minimum absolute atomic E-state index is 0.773. The smallest absolute Gasteiger partial charge is 0.177 e. The van der Waals surface area contributed by atoms with Gasteiger partial charge in [0.05, 0.1) is 6.54 Å². The zero-order chi connectivity index (χ0) is 9.97. The summed E-state index contributed by atoms with van der Waals surface area (Å²) < 4.78 is 4.74. The molecule has 4 nitrogen and oxygen atoms in total. The van der Waals surface area contributed by atoms with E-state index in [0.29, 0.717) is 0 Å². The SMILES string of the molecule is Cc1c[nH]c(=S)n1CCn1cccn1. The lowest BCUT2D eigenvalue weighted by atomic mass is 10.5. The van der Waals surface area contributed by atoms with Crippen LogP contribution in [0.5, 0.6) is 0 Å². The van der Waals surface area contributed by atoms with Gasteiger partial charge in [0, 0.05) is 30.8 Å². The predicted octanol–water partition coefficient (Wildman–Crippen LogP) is 1.75. The van der Waals surface area contributed by atoms with Gasteiger partial charge in [0.1, 0.15) is 0 Å². The fourth-order valence-electron chi connectivity index (χ4n) is 1.40. The van der Waals surface area contributed by atoms with Gasteiger partial charge in [0.25, 0.3) is 0 Å². The average molecular weight is 208 g/mol. The number of hydrogen-bond donors (Lipinski definition) is 1. The van der Waals surface area contributed by atoms with Crippen LogP contribution >= 0.6 is 12.2 Å². The fourth-order valence-corrected chi connectivity index (χ4v) is 1.69. The van der Waals surface area contributed by atoms with Crippen molar-refractivity contribution in [2.45, 2.75) is 20.0 Å². The molecule has 0 radical (unpaired) electrons. The molecule has 0 atom stereocenters. The van der Waals surface area contributed by atoms with E-state index in [2.05, 4.69) is 14.6 Å². The Labute approximate surface area is 87.2 Å². The quantitative estimate of drug-likeness (QED) is 0.780. The molecule has 2 aromatic heterocycles. The number of nitrogens with zero attached hydrogens (tertiary/aromatic N) is 3. The molecule has 5 heteroatoms. The molecule has 1 N–H and O–H groups in total. The van der Waals surface area contributed by atoms with E-state index in [-0.39, 0.29) is 0 Å². The van der Waals surface area contributed by atoms with E-state index in [1.54, 1.807) is 6.20 Å². The maximum Gasteiger partial charge on any atom is 0.177 e. The van der Waals surface area contributed by atoms with E-state index in [0.717, 1.165) is 23.6 Å². The van der Waals surface area contributed by atoms with Crippen molar-refractivity contribution in [3.63, 3.8) is 0 Å². The Hall–Kier alpha value is -1.36. The topological polar surface area (TPSA) is 38.5 Å². The van der Waals surface area contributed by atoms with Crippen molar-refractivity contribution < 1.29 is 0 Å². The zero-order valence-corrected chi connectivity index (χ0v) is 8.79. The number of hydrogen-bond acceptors (Lipinski definition) is 2. The summed E-state index contributed by atoms with van der Waals surface area (Å²) in [6.07, 6.45) is 5.65. The maximum absolute atomic E-state index is 5.15. The van der Waals surface area contributed by atoms with Gasteiger partial charge in [-0.15, -0.1) is 0 Å². The van der Waals surface area contributed by atoms with Crippen LogP contribution in [0.4, 0.5) is 0 Å². The second-order valence-corrected chi connectivity index (χ2v) is 3.54. The van der Waals surface area contributed by atoms with E-state index < -0.39 is 0 Å². The highest BCUT2D eigenvalue weighted by atomic mass is 32.1. The van der Waals surface area contributed by atoms with Crippen molar-refractivity contribution >= 4 is 12.2 Å². The normalized spacial score (nSPS) is 10.6. The van der Waals surface area contributed by atoms with Gasteiger partial charge >= 0.3 is 0 Å². The highest BCUT2D eigenvalue weighted by Gasteiger charge is 1.98. The molecule has 0 aliphatic rings. The van der Waals surface area contributed by atoms with Crippen LogP contribution in [0.2, 0.25) is 0 Å². The summed E-state index contributed by atoms with van der Waals surface area (Å²) >= 11 is 5.15. The Bertz CT molecular complexity index is 451. The van der Waals surface area contributed by atoms with Crippen LogP contribution in [-0.2, 0) is 13.1 Å². The molecule has 2 aromatic rings. The van der Waals surface area contributed by atoms with Crippen molar-refractivity contribution in [2.24, 2.45) is 0 Å². The standard InChI is InChI=1S/C9H12N4S/c1-8-7-10-9(14)13(8)6-5-12-4-2-3-11-12/h2-4,7H,5-6H2,1H3,(H,10,14). The third-order valence-electron chi connectivity index (χ3n) is 2.19. The van der Waals surface area contributed by atoms with E-state index >= 15 is 0 Å².